The number of hydrogen-bond acceptors (Lipinski definition) is 2. The van der Waals surface area contributed by atoms with E-state index in [2.05, 4.69) is 23.5 Å². The van der Waals surface area contributed by atoms with E-state index >= 15 is 0 Å². The van der Waals surface area contributed by atoms with Gasteiger partial charge in [-0.2, -0.15) is 0 Å². The minimum Gasteiger partial charge on any atom is -0.481 e. The summed E-state index contributed by atoms with van der Waals surface area (Å²) in [5.74, 6) is -1.15. The number of nitrogens with one attached hydrogen (secondary N) is 1. The van der Waals surface area contributed by atoms with Gasteiger partial charge in [-0.25, -0.2) is 0 Å². The largest absolute Gasteiger partial charge is 0.481 e. The molecule has 0 saturated heterocycles. The summed E-state index contributed by atoms with van der Waals surface area (Å²) in [6.45, 7) is 1.93. The molecule has 1 atom stereocenters. The Labute approximate surface area is 119 Å². The van der Waals surface area contributed by atoms with E-state index in [4.69, 9.17) is 5.11 Å². The molecule has 0 heterocycles. The quantitative estimate of drug-likeness (QED) is 0.868. The van der Waals surface area contributed by atoms with Gasteiger partial charge in [0, 0.05) is 6.42 Å². The highest BCUT2D eigenvalue weighted by atomic mass is 16.4. The Morgan fingerprint density at radius 2 is 1.90 bits per heavy atom. The summed E-state index contributed by atoms with van der Waals surface area (Å²) in [5, 5.41) is 11.4. The van der Waals surface area contributed by atoms with E-state index < -0.39 is 5.97 Å². The number of rotatable bonds is 5. The number of benzene rings is 1. The average Bonchev–Trinajstić information content (AvgIpc) is 2.44. The number of carbonyl (C=O) groups excluding carboxylic acids is 1. The van der Waals surface area contributed by atoms with Gasteiger partial charge in [0.2, 0.25) is 5.91 Å². The molecule has 1 aromatic rings. The van der Waals surface area contributed by atoms with Gasteiger partial charge < -0.3 is 10.4 Å². The normalized spacial score (nSPS) is 15.2. The van der Waals surface area contributed by atoms with Crippen LogP contribution in [-0.2, 0) is 22.4 Å². The zero-order valence-electron chi connectivity index (χ0n) is 11.8. The zero-order chi connectivity index (χ0) is 14.5. The first-order chi connectivity index (χ1) is 9.56. The molecule has 1 aromatic carbocycles. The summed E-state index contributed by atoms with van der Waals surface area (Å²) < 4.78 is 0. The minimum atomic E-state index is -0.943. The van der Waals surface area contributed by atoms with E-state index in [-0.39, 0.29) is 24.8 Å². The van der Waals surface area contributed by atoms with Gasteiger partial charge in [0.1, 0.15) is 0 Å². The number of carbonyl (C=O) groups is 2. The van der Waals surface area contributed by atoms with E-state index in [0.29, 0.717) is 0 Å². The summed E-state index contributed by atoms with van der Waals surface area (Å²) in [5.41, 5.74) is 3.90. The summed E-state index contributed by atoms with van der Waals surface area (Å²) in [6.07, 6.45) is 4.66. The van der Waals surface area contributed by atoms with Crippen LogP contribution in [0.1, 0.15) is 55.3 Å². The molecule has 1 aliphatic carbocycles. The lowest BCUT2D eigenvalue weighted by Gasteiger charge is -2.20. The van der Waals surface area contributed by atoms with E-state index in [0.717, 1.165) is 18.4 Å². The summed E-state index contributed by atoms with van der Waals surface area (Å²) in [4.78, 5) is 22.1. The first kappa shape index (κ1) is 14.6. The smallest absolute Gasteiger partial charge is 0.303 e. The zero-order valence-corrected chi connectivity index (χ0v) is 11.8. The van der Waals surface area contributed by atoms with Gasteiger partial charge in [0.05, 0.1) is 12.5 Å². The Morgan fingerprint density at radius 3 is 2.60 bits per heavy atom. The van der Waals surface area contributed by atoms with Gasteiger partial charge in [0.25, 0.3) is 0 Å². The molecule has 108 valence electrons. The number of aliphatic carboxylic acids is 1. The van der Waals surface area contributed by atoms with E-state index in [9.17, 15) is 9.59 Å². The van der Waals surface area contributed by atoms with Crippen molar-refractivity contribution in [2.24, 2.45) is 0 Å². The molecule has 2 N–H and O–H groups in total. The number of carboxylic acids is 1. The highest BCUT2D eigenvalue weighted by molar-refractivity contribution is 5.80. The molecule has 0 bridgehead atoms. The second kappa shape index (κ2) is 6.55. The lowest BCUT2D eigenvalue weighted by molar-refractivity contribution is -0.138. The van der Waals surface area contributed by atoms with Crippen molar-refractivity contribution in [3.8, 4) is 0 Å². The summed E-state index contributed by atoms with van der Waals surface area (Å²) in [6, 6.07) is 6.32. The molecule has 4 heteroatoms. The van der Waals surface area contributed by atoms with E-state index in [1.807, 2.05) is 6.92 Å². The summed E-state index contributed by atoms with van der Waals surface area (Å²) in [7, 11) is 0. The molecule has 0 spiro atoms. The van der Waals surface area contributed by atoms with Gasteiger partial charge in [-0.05, 0) is 49.3 Å². The Kier molecular flexibility index (Phi) is 4.77. The molecular weight excluding hydrogens is 254 g/mol. The lowest BCUT2D eigenvalue weighted by Crippen LogP contribution is -2.27. The van der Waals surface area contributed by atoms with Crippen LogP contribution in [-0.4, -0.2) is 17.0 Å². The van der Waals surface area contributed by atoms with Crippen LogP contribution in [0.25, 0.3) is 0 Å². The second-order valence-electron chi connectivity index (χ2n) is 5.42. The van der Waals surface area contributed by atoms with Crippen molar-refractivity contribution in [3.05, 3.63) is 34.9 Å². The topological polar surface area (TPSA) is 66.4 Å². The lowest BCUT2D eigenvalue weighted by atomic mass is 9.89. The van der Waals surface area contributed by atoms with Crippen LogP contribution in [0.4, 0.5) is 0 Å². The van der Waals surface area contributed by atoms with Crippen molar-refractivity contribution < 1.29 is 14.7 Å². The monoisotopic (exact) mass is 275 g/mol. The number of hydrogen-bond donors (Lipinski definition) is 2. The maximum atomic E-state index is 11.6. The van der Waals surface area contributed by atoms with Gasteiger partial charge in [-0.1, -0.05) is 18.2 Å². The molecule has 20 heavy (non-hydrogen) atoms. The molecular formula is C16H21NO3. The third-order valence-electron chi connectivity index (χ3n) is 3.82. The first-order valence-electron chi connectivity index (χ1n) is 7.19. The predicted octanol–water partition coefficient (Wildman–Crippen LogP) is 2.61. The second-order valence-corrected chi connectivity index (χ2v) is 5.42. The van der Waals surface area contributed by atoms with Crippen LogP contribution in [0.5, 0.6) is 0 Å². The van der Waals surface area contributed by atoms with Crippen LogP contribution in [0.15, 0.2) is 18.2 Å². The fraction of sp³-hybridized carbons (Fsp3) is 0.500. The van der Waals surface area contributed by atoms with E-state index in [1.54, 1.807) is 0 Å². The maximum absolute atomic E-state index is 11.6. The third-order valence-corrected chi connectivity index (χ3v) is 3.82. The molecule has 0 radical (unpaired) electrons. The molecule has 0 saturated carbocycles. The molecule has 0 aromatic heterocycles. The Bertz CT molecular complexity index is 510. The van der Waals surface area contributed by atoms with Crippen molar-refractivity contribution in [2.75, 3.05) is 0 Å². The van der Waals surface area contributed by atoms with Crippen molar-refractivity contribution >= 4 is 11.9 Å². The number of carboxylic acid groups (broad SMARTS) is 1. The Morgan fingerprint density at radius 1 is 1.20 bits per heavy atom. The molecule has 0 fully saturated rings. The van der Waals surface area contributed by atoms with Crippen molar-refractivity contribution in [3.63, 3.8) is 0 Å². The van der Waals surface area contributed by atoms with Gasteiger partial charge >= 0.3 is 5.97 Å². The molecule has 1 aliphatic rings. The molecule has 4 nitrogen and oxygen atoms in total. The highest BCUT2D eigenvalue weighted by Gasteiger charge is 2.14. The average molecular weight is 275 g/mol. The fourth-order valence-electron chi connectivity index (χ4n) is 2.64. The Hall–Kier alpha value is -1.84. The Balaban J connectivity index is 1.96. The SMILES string of the molecule is C[C@H](NC(=O)CCC(=O)O)c1ccc2c(c1)CCCC2. The summed E-state index contributed by atoms with van der Waals surface area (Å²) >= 11 is 0. The maximum Gasteiger partial charge on any atom is 0.303 e. The third kappa shape index (κ3) is 3.83. The van der Waals surface area contributed by atoms with E-state index in [1.165, 1.54) is 24.0 Å². The predicted molar refractivity (Wildman–Crippen MR) is 76.5 cm³/mol. The van der Waals surface area contributed by atoms with Crippen LogP contribution in [0.3, 0.4) is 0 Å². The molecule has 1 amide bonds. The van der Waals surface area contributed by atoms with Crippen LogP contribution < -0.4 is 5.32 Å². The van der Waals surface area contributed by atoms with Crippen LogP contribution in [0.2, 0.25) is 0 Å². The number of aryl methyl sites for hydroxylation is 2. The molecule has 2 rings (SSSR count). The standard InChI is InChI=1S/C16H21NO3/c1-11(17-15(18)8-9-16(19)20)13-7-6-12-4-2-3-5-14(12)10-13/h6-7,10-11H,2-5,8-9H2,1H3,(H,17,18)(H,19,20)/t11-/m0/s1. The van der Waals surface area contributed by atoms with Gasteiger partial charge in [-0.15, -0.1) is 0 Å². The van der Waals surface area contributed by atoms with Crippen molar-refractivity contribution in [1.82, 2.24) is 5.32 Å². The highest BCUT2D eigenvalue weighted by Crippen LogP contribution is 2.24. The molecule has 0 unspecified atom stereocenters. The van der Waals surface area contributed by atoms with Crippen molar-refractivity contribution in [2.45, 2.75) is 51.5 Å². The van der Waals surface area contributed by atoms with Gasteiger partial charge in [0.15, 0.2) is 0 Å². The van der Waals surface area contributed by atoms with Crippen molar-refractivity contribution in [1.29, 1.82) is 0 Å². The fourth-order valence-corrected chi connectivity index (χ4v) is 2.64. The minimum absolute atomic E-state index is 0.0324. The molecule has 0 aliphatic heterocycles. The van der Waals surface area contributed by atoms with Gasteiger partial charge in [-0.3, -0.25) is 9.59 Å². The van der Waals surface area contributed by atoms with Crippen LogP contribution >= 0.6 is 0 Å². The number of fused-ring (bicyclic) bond motifs is 1. The first-order valence-corrected chi connectivity index (χ1v) is 7.19. The number of amides is 1. The van der Waals surface area contributed by atoms with Crippen LogP contribution in [0, 0.1) is 0 Å².